The first-order chi connectivity index (χ1) is 16.8. The molecule has 1 heterocycles. The Balaban J connectivity index is 1.38. The number of benzene rings is 3. The molecule has 1 atom stereocenters. The van der Waals surface area contributed by atoms with E-state index in [2.05, 4.69) is 5.16 Å². The fraction of sp³-hybridized carbons (Fsp3) is 0.154. The van der Waals surface area contributed by atoms with Gasteiger partial charge in [-0.25, -0.2) is 0 Å². The largest absolute Gasteiger partial charge is 0.489 e. The van der Waals surface area contributed by atoms with Gasteiger partial charge in [-0.3, -0.25) is 4.79 Å². The SMILES string of the molecule is O=C(O)C[C@@H](c1ccc(OCc2cccc(Sc3ccc(C(F)(F)F)cc3)c2)cc1)c1ccon1. The number of halogens is 3. The third-order valence-corrected chi connectivity index (χ3v) is 6.19. The van der Waals surface area contributed by atoms with Crippen molar-refractivity contribution in [2.75, 3.05) is 0 Å². The lowest BCUT2D eigenvalue weighted by Gasteiger charge is -2.13. The molecule has 0 radical (unpaired) electrons. The zero-order valence-electron chi connectivity index (χ0n) is 18.2. The summed E-state index contributed by atoms with van der Waals surface area (Å²) in [5.74, 6) is -0.754. The lowest BCUT2D eigenvalue weighted by atomic mass is 9.92. The van der Waals surface area contributed by atoms with Gasteiger partial charge in [0.05, 0.1) is 17.7 Å². The van der Waals surface area contributed by atoms with Gasteiger partial charge in [0.1, 0.15) is 18.6 Å². The smallest absolute Gasteiger partial charge is 0.416 e. The van der Waals surface area contributed by atoms with Crippen LogP contribution in [-0.4, -0.2) is 16.2 Å². The van der Waals surface area contributed by atoms with Crippen LogP contribution in [-0.2, 0) is 17.6 Å². The van der Waals surface area contributed by atoms with Crippen LogP contribution < -0.4 is 4.74 Å². The van der Waals surface area contributed by atoms with Gasteiger partial charge < -0.3 is 14.4 Å². The number of nitrogens with zero attached hydrogens (tertiary/aromatic N) is 1. The lowest BCUT2D eigenvalue weighted by Crippen LogP contribution is -2.08. The first-order valence-electron chi connectivity index (χ1n) is 10.6. The van der Waals surface area contributed by atoms with Gasteiger partial charge in [0.25, 0.3) is 0 Å². The van der Waals surface area contributed by atoms with Gasteiger partial charge in [-0.1, -0.05) is 41.2 Å². The van der Waals surface area contributed by atoms with Crippen molar-refractivity contribution in [2.45, 2.75) is 34.9 Å². The summed E-state index contributed by atoms with van der Waals surface area (Å²) in [6.07, 6.45) is -3.06. The minimum absolute atomic E-state index is 0.115. The van der Waals surface area contributed by atoms with Crippen molar-refractivity contribution >= 4 is 17.7 Å². The molecule has 0 bridgehead atoms. The third kappa shape index (κ3) is 6.66. The maximum atomic E-state index is 12.7. The van der Waals surface area contributed by atoms with Crippen LogP contribution >= 0.6 is 11.8 Å². The van der Waals surface area contributed by atoms with E-state index in [0.717, 1.165) is 28.2 Å². The minimum Gasteiger partial charge on any atom is -0.489 e. The molecule has 9 heteroatoms. The number of rotatable bonds is 9. The Hall–Kier alpha value is -3.72. The van der Waals surface area contributed by atoms with Crippen LogP contribution in [0.2, 0.25) is 0 Å². The van der Waals surface area contributed by atoms with E-state index >= 15 is 0 Å². The molecule has 4 rings (SSSR count). The topological polar surface area (TPSA) is 72.6 Å². The van der Waals surface area contributed by atoms with Gasteiger partial charge in [0.15, 0.2) is 0 Å². The molecule has 1 aromatic heterocycles. The van der Waals surface area contributed by atoms with Gasteiger partial charge in [-0.2, -0.15) is 13.2 Å². The fourth-order valence-electron chi connectivity index (χ4n) is 3.48. The molecular weight excluding hydrogens is 479 g/mol. The number of hydrogen-bond acceptors (Lipinski definition) is 5. The number of carbonyl (C=O) groups is 1. The van der Waals surface area contributed by atoms with Crippen LogP contribution in [0.4, 0.5) is 13.2 Å². The zero-order valence-corrected chi connectivity index (χ0v) is 19.1. The predicted molar refractivity (Wildman–Crippen MR) is 123 cm³/mol. The Morgan fingerprint density at radius 2 is 1.74 bits per heavy atom. The van der Waals surface area contributed by atoms with Crippen molar-refractivity contribution in [1.29, 1.82) is 0 Å². The van der Waals surface area contributed by atoms with Crippen LogP contribution in [0.15, 0.2) is 99.4 Å². The Kier molecular flexibility index (Phi) is 7.45. The maximum absolute atomic E-state index is 12.7. The number of carboxylic acids is 1. The number of carboxylic acid groups (broad SMARTS) is 1. The third-order valence-electron chi connectivity index (χ3n) is 5.20. The first-order valence-corrected chi connectivity index (χ1v) is 11.4. The Bertz CT molecular complexity index is 1260. The van der Waals surface area contributed by atoms with Crippen LogP contribution in [0.3, 0.4) is 0 Å². The first kappa shape index (κ1) is 24.4. The molecule has 5 nitrogen and oxygen atoms in total. The highest BCUT2D eigenvalue weighted by Gasteiger charge is 2.30. The van der Waals surface area contributed by atoms with Crippen LogP contribution in [0.1, 0.15) is 34.7 Å². The average Bonchev–Trinajstić information content (AvgIpc) is 3.36. The van der Waals surface area contributed by atoms with E-state index in [1.54, 1.807) is 30.3 Å². The Labute approximate surface area is 203 Å². The molecule has 0 fully saturated rings. The molecule has 0 aliphatic heterocycles. The number of ether oxygens (including phenoxy) is 1. The van der Waals surface area contributed by atoms with Crippen molar-refractivity contribution < 1.29 is 32.3 Å². The van der Waals surface area contributed by atoms with Crippen molar-refractivity contribution in [2.24, 2.45) is 0 Å². The monoisotopic (exact) mass is 499 g/mol. The second-order valence-corrected chi connectivity index (χ2v) is 8.85. The number of aromatic nitrogens is 1. The minimum atomic E-state index is -4.36. The summed E-state index contributed by atoms with van der Waals surface area (Å²) >= 11 is 1.37. The fourth-order valence-corrected chi connectivity index (χ4v) is 4.38. The number of hydrogen-bond donors (Lipinski definition) is 1. The Morgan fingerprint density at radius 1 is 1.00 bits per heavy atom. The molecular formula is C26H20F3NO4S. The van der Waals surface area contributed by atoms with Crippen molar-refractivity contribution in [3.63, 3.8) is 0 Å². The molecule has 3 aromatic carbocycles. The maximum Gasteiger partial charge on any atom is 0.416 e. The quantitative estimate of drug-likeness (QED) is 0.267. The van der Waals surface area contributed by atoms with Crippen molar-refractivity contribution in [3.8, 4) is 5.75 Å². The van der Waals surface area contributed by atoms with E-state index in [4.69, 9.17) is 9.26 Å². The molecule has 0 saturated heterocycles. The average molecular weight is 500 g/mol. The Morgan fingerprint density at radius 3 is 2.37 bits per heavy atom. The van der Waals surface area contributed by atoms with E-state index in [1.165, 1.54) is 30.2 Å². The summed E-state index contributed by atoms with van der Waals surface area (Å²) in [4.78, 5) is 12.9. The summed E-state index contributed by atoms with van der Waals surface area (Å²) in [5, 5.41) is 13.1. The van der Waals surface area contributed by atoms with E-state index in [1.807, 2.05) is 24.3 Å². The summed E-state index contributed by atoms with van der Waals surface area (Å²) < 4.78 is 49.0. The molecule has 35 heavy (non-hydrogen) atoms. The summed E-state index contributed by atoms with van der Waals surface area (Å²) in [6.45, 7) is 0.294. The number of aliphatic carboxylic acids is 1. The molecule has 0 amide bonds. The molecule has 1 N–H and O–H groups in total. The highest BCUT2D eigenvalue weighted by Crippen LogP contribution is 2.33. The number of alkyl halides is 3. The molecule has 4 aromatic rings. The van der Waals surface area contributed by atoms with Crippen molar-refractivity contribution in [3.05, 3.63) is 108 Å². The van der Waals surface area contributed by atoms with Gasteiger partial charge >= 0.3 is 12.1 Å². The highest BCUT2D eigenvalue weighted by atomic mass is 32.2. The van der Waals surface area contributed by atoms with E-state index < -0.39 is 23.6 Å². The summed E-state index contributed by atoms with van der Waals surface area (Å²) in [7, 11) is 0. The summed E-state index contributed by atoms with van der Waals surface area (Å²) in [6, 6.07) is 21.4. The van der Waals surface area contributed by atoms with E-state index in [9.17, 15) is 23.1 Å². The summed E-state index contributed by atoms with van der Waals surface area (Å²) in [5.41, 5.74) is 1.55. The second kappa shape index (κ2) is 10.7. The van der Waals surface area contributed by atoms with Gasteiger partial charge in [0.2, 0.25) is 0 Å². The van der Waals surface area contributed by atoms with Gasteiger partial charge in [-0.05, 0) is 59.7 Å². The highest BCUT2D eigenvalue weighted by molar-refractivity contribution is 7.99. The molecule has 180 valence electrons. The van der Waals surface area contributed by atoms with E-state index in [-0.39, 0.29) is 6.42 Å². The standard InChI is InChI=1S/C26H20F3NO4S/c27-26(28,29)19-6-10-21(11-7-19)35-22-3-1-2-17(14-22)16-33-20-8-4-18(5-9-20)23(15-25(31)32)24-12-13-34-30-24/h1-14,23H,15-16H2,(H,31,32)/t23-/m0/s1. The zero-order chi connectivity index (χ0) is 24.8. The lowest BCUT2D eigenvalue weighted by molar-refractivity contribution is -0.138. The predicted octanol–water partition coefficient (Wildman–Crippen LogP) is 7.03. The van der Waals surface area contributed by atoms with Gasteiger partial charge in [-0.15, -0.1) is 0 Å². The van der Waals surface area contributed by atoms with E-state index in [0.29, 0.717) is 22.9 Å². The van der Waals surface area contributed by atoms with Crippen LogP contribution in [0.5, 0.6) is 5.75 Å². The van der Waals surface area contributed by atoms with Crippen molar-refractivity contribution in [1.82, 2.24) is 5.16 Å². The molecule has 0 unspecified atom stereocenters. The molecule has 0 spiro atoms. The second-order valence-electron chi connectivity index (χ2n) is 7.70. The van der Waals surface area contributed by atoms with Gasteiger partial charge in [0, 0.05) is 21.8 Å². The molecule has 0 aliphatic carbocycles. The molecule has 0 saturated carbocycles. The molecule has 0 aliphatic rings. The van der Waals surface area contributed by atoms with Crippen LogP contribution in [0, 0.1) is 0 Å². The normalized spacial score (nSPS) is 12.3. The van der Waals surface area contributed by atoms with Crippen LogP contribution in [0.25, 0.3) is 0 Å².